The molecule has 3 nitrogen and oxygen atoms in total. The minimum Gasteiger partial charge on any atom is -0.456 e. The van der Waals surface area contributed by atoms with E-state index in [2.05, 4.69) is 240 Å². The monoisotopic (exact) mass is 804 g/mol. The highest BCUT2D eigenvalue weighted by Gasteiger charge is 2.16. The molecule has 296 valence electrons. The van der Waals surface area contributed by atoms with E-state index in [1.807, 2.05) is 12.1 Å². The summed E-state index contributed by atoms with van der Waals surface area (Å²) in [7, 11) is 0. The molecule has 10 aromatic carbocycles. The van der Waals surface area contributed by atoms with E-state index in [-0.39, 0.29) is 0 Å². The van der Waals surface area contributed by atoms with Gasteiger partial charge in [0.25, 0.3) is 0 Å². The number of para-hydroxylation sites is 4. The molecule has 0 radical (unpaired) electrons. The quantitative estimate of drug-likeness (QED) is 0.153. The molecule has 0 bridgehead atoms. The molecule has 0 N–H and O–H groups in total. The zero-order chi connectivity index (χ0) is 41.7. The fourth-order valence-electron chi connectivity index (χ4n) is 9.37. The number of hydrogen-bond acceptors (Lipinski definition) is 2. The number of rotatable bonds is 8. The van der Waals surface area contributed by atoms with E-state index in [1.54, 1.807) is 0 Å². The summed E-state index contributed by atoms with van der Waals surface area (Å²) in [5.41, 5.74) is 18.1. The topological polar surface area (TPSA) is 21.3 Å². The van der Waals surface area contributed by atoms with E-state index in [0.717, 1.165) is 50.3 Å². The number of anilines is 3. The number of furan rings is 1. The predicted octanol–water partition coefficient (Wildman–Crippen LogP) is 16.8. The van der Waals surface area contributed by atoms with Crippen molar-refractivity contribution >= 4 is 60.8 Å². The molecule has 0 aliphatic carbocycles. The van der Waals surface area contributed by atoms with Crippen LogP contribution in [0.3, 0.4) is 0 Å². The van der Waals surface area contributed by atoms with Gasteiger partial charge in [0.15, 0.2) is 0 Å². The fraction of sp³-hybridized carbons (Fsp3) is 0. The largest absolute Gasteiger partial charge is 0.456 e. The van der Waals surface area contributed by atoms with Crippen LogP contribution in [0.5, 0.6) is 0 Å². The molecule has 0 saturated carbocycles. The van der Waals surface area contributed by atoms with Crippen molar-refractivity contribution in [1.29, 1.82) is 0 Å². The highest BCUT2D eigenvalue weighted by Crippen LogP contribution is 2.40. The number of benzene rings is 10. The molecule has 0 unspecified atom stereocenters. The van der Waals surface area contributed by atoms with Crippen LogP contribution in [0.4, 0.5) is 17.1 Å². The average molecular weight is 805 g/mol. The van der Waals surface area contributed by atoms with E-state index < -0.39 is 0 Å². The molecule has 3 heteroatoms. The lowest BCUT2D eigenvalue weighted by Crippen LogP contribution is -2.09. The van der Waals surface area contributed by atoms with Gasteiger partial charge < -0.3 is 13.9 Å². The highest BCUT2D eigenvalue weighted by molar-refractivity contribution is 6.12. The highest BCUT2D eigenvalue weighted by atomic mass is 16.3. The normalized spacial score (nSPS) is 11.5. The first-order chi connectivity index (χ1) is 31.2. The Morgan fingerprint density at radius 3 is 1.37 bits per heavy atom. The number of aromatic nitrogens is 1. The van der Waals surface area contributed by atoms with E-state index in [4.69, 9.17) is 4.42 Å². The van der Waals surface area contributed by atoms with Crippen LogP contribution in [0.15, 0.2) is 247 Å². The van der Waals surface area contributed by atoms with E-state index in [9.17, 15) is 0 Å². The Morgan fingerprint density at radius 1 is 0.302 bits per heavy atom. The fourth-order valence-corrected chi connectivity index (χ4v) is 9.37. The maximum atomic E-state index is 6.21. The predicted molar refractivity (Wildman–Crippen MR) is 264 cm³/mol. The number of fused-ring (bicyclic) bond motifs is 6. The molecule has 12 aromatic rings. The third-order valence-corrected chi connectivity index (χ3v) is 12.4. The van der Waals surface area contributed by atoms with Crippen molar-refractivity contribution in [1.82, 2.24) is 4.57 Å². The van der Waals surface area contributed by atoms with Gasteiger partial charge in [0, 0.05) is 44.3 Å². The van der Waals surface area contributed by atoms with Crippen LogP contribution in [0.2, 0.25) is 0 Å². The van der Waals surface area contributed by atoms with Crippen LogP contribution in [0.25, 0.3) is 93.9 Å². The van der Waals surface area contributed by atoms with Crippen molar-refractivity contribution in [2.75, 3.05) is 4.90 Å². The van der Waals surface area contributed by atoms with Gasteiger partial charge in [0.05, 0.1) is 11.0 Å². The van der Waals surface area contributed by atoms with Gasteiger partial charge in [-0.15, -0.1) is 0 Å². The van der Waals surface area contributed by atoms with Crippen LogP contribution >= 0.6 is 0 Å². The molecule has 0 atom stereocenters. The van der Waals surface area contributed by atoms with E-state index in [0.29, 0.717) is 0 Å². The molecule has 12 rings (SSSR count). The zero-order valence-corrected chi connectivity index (χ0v) is 34.4. The summed E-state index contributed by atoms with van der Waals surface area (Å²) in [6, 6.07) is 87.0. The lowest BCUT2D eigenvalue weighted by Gasteiger charge is -2.26. The lowest BCUT2D eigenvalue weighted by molar-refractivity contribution is 0.669. The maximum absolute atomic E-state index is 6.21. The van der Waals surface area contributed by atoms with Crippen molar-refractivity contribution in [3.63, 3.8) is 0 Å². The first-order valence-electron chi connectivity index (χ1n) is 21.5. The third-order valence-electron chi connectivity index (χ3n) is 12.4. The van der Waals surface area contributed by atoms with Crippen LogP contribution < -0.4 is 4.90 Å². The minimum atomic E-state index is 0.907. The maximum Gasteiger partial charge on any atom is 0.136 e. The third kappa shape index (κ3) is 6.46. The summed E-state index contributed by atoms with van der Waals surface area (Å²) in [5.74, 6) is 0. The van der Waals surface area contributed by atoms with Gasteiger partial charge in [-0.3, -0.25) is 0 Å². The van der Waals surface area contributed by atoms with Crippen LogP contribution in [-0.4, -0.2) is 4.57 Å². The van der Waals surface area contributed by atoms with Gasteiger partial charge in [0.1, 0.15) is 11.2 Å². The summed E-state index contributed by atoms with van der Waals surface area (Å²) in [6.07, 6.45) is 0. The Balaban J connectivity index is 0.805. The van der Waals surface area contributed by atoms with Crippen molar-refractivity contribution in [2.24, 2.45) is 0 Å². The summed E-state index contributed by atoms with van der Waals surface area (Å²) in [6.45, 7) is 0. The number of nitrogens with zero attached hydrogens (tertiary/aromatic N) is 2. The second kappa shape index (κ2) is 15.3. The van der Waals surface area contributed by atoms with Gasteiger partial charge in [-0.1, -0.05) is 164 Å². The Kier molecular flexibility index (Phi) is 8.83. The summed E-state index contributed by atoms with van der Waals surface area (Å²) in [4.78, 5) is 2.32. The minimum absolute atomic E-state index is 0.907. The molecule has 2 heterocycles. The van der Waals surface area contributed by atoms with E-state index in [1.165, 1.54) is 60.8 Å². The van der Waals surface area contributed by atoms with Crippen LogP contribution in [-0.2, 0) is 0 Å². The van der Waals surface area contributed by atoms with Gasteiger partial charge >= 0.3 is 0 Å². The van der Waals surface area contributed by atoms with Gasteiger partial charge in [0.2, 0.25) is 0 Å². The molecule has 0 aliphatic heterocycles. The van der Waals surface area contributed by atoms with Gasteiger partial charge in [-0.2, -0.15) is 0 Å². The molecule has 2 aromatic heterocycles. The molecule has 0 aliphatic rings. The molecule has 0 spiro atoms. The van der Waals surface area contributed by atoms with Crippen LogP contribution in [0, 0.1) is 0 Å². The van der Waals surface area contributed by atoms with Crippen molar-refractivity contribution in [3.8, 4) is 50.2 Å². The second-order valence-electron chi connectivity index (χ2n) is 16.1. The standard InChI is InChI=1S/C60H40N2O/c1-2-14-48(15-3-1)61(50-36-32-45(33-37-50)46-12-10-13-47(40-46)52-19-11-23-59-60(52)55-18-6-9-22-58(55)63-59)49-34-28-43(29-35-49)41-24-26-42(27-25-41)44-30-38-51(39-31-44)62-56-20-7-4-16-53(56)54-17-5-8-21-57(54)62/h1-40H. The van der Waals surface area contributed by atoms with Gasteiger partial charge in [-0.25, -0.2) is 0 Å². The summed E-state index contributed by atoms with van der Waals surface area (Å²) >= 11 is 0. The first kappa shape index (κ1) is 36.5. The SMILES string of the molecule is c1ccc(N(c2ccc(-c3ccc(-c4ccc(-n5c6ccccc6c6ccccc65)cc4)cc3)cc2)c2ccc(-c3cccc(-c4cccc5oc6ccccc6c45)c3)cc2)cc1. The molecule has 63 heavy (non-hydrogen) atoms. The summed E-state index contributed by atoms with van der Waals surface area (Å²) < 4.78 is 8.57. The molecular weight excluding hydrogens is 765 g/mol. The summed E-state index contributed by atoms with van der Waals surface area (Å²) in [5, 5.41) is 4.84. The Morgan fingerprint density at radius 2 is 0.746 bits per heavy atom. The zero-order valence-electron chi connectivity index (χ0n) is 34.4. The van der Waals surface area contributed by atoms with Crippen molar-refractivity contribution in [3.05, 3.63) is 243 Å². The average Bonchev–Trinajstić information content (AvgIpc) is 3.91. The van der Waals surface area contributed by atoms with Crippen molar-refractivity contribution in [2.45, 2.75) is 0 Å². The molecule has 0 fully saturated rings. The molecular formula is C60H40N2O. The second-order valence-corrected chi connectivity index (χ2v) is 16.1. The smallest absolute Gasteiger partial charge is 0.136 e. The lowest BCUT2D eigenvalue weighted by atomic mass is 9.96. The van der Waals surface area contributed by atoms with E-state index >= 15 is 0 Å². The first-order valence-corrected chi connectivity index (χ1v) is 21.5. The van der Waals surface area contributed by atoms with Gasteiger partial charge in [-0.05, 0) is 123 Å². The van der Waals surface area contributed by atoms with Crippen molar-refractivity contribution < 1.29 is 4.42 Å². The Hall–Kier alpha value is -8.40. The molecule has 0 amide bonds. The Labute approximate surface area is 366 Å². The number of hydrogen-bond donors (Lipinski definition) is 0. The Bertz CT molecular complexity index is 3530. The molecule has 0 saturated heterocycles. The van der Waals surface area contributed by atoms with Crippen LogP contribution in [0.1, 0.15) is 0 Å².